The second kappa shape index (κ2) is 7.09. The van der Waals surface area contributed by atoms with E-state index in [-0.39, 0.29) is 18.3 Å². The number of hydrogen-bond acceptors (Lipinski definition) is 2. The molecule has 1 saturated heterocycles. The second-order valence-electron chi connectivity index (χ2n) is 5.78. The lowest BCUT2D eigenvalue weighted by atomic mass is 9.94. The molecule has 0 atom stereocenters. The number of anilines is 1. The van der Waals surface area contributed by atoms with Gasteiger partial charge in [0.15, 0.2) is 0 Å². The van der Waals surface area contributed by atoms with E-state index in [1.807, 2.05) is 6.07 Å². The molecular formula is C16H23ClN2O. The van der Waals surface area contributed by atoms with Crippen molar-refractivity contribution < 1.29 is 4.79 Å². The van der Waals surface area contributed by atoms with Gasteiger partial charge in [0.1, 0.15) is 0 Å². The molecule has 1 fully saturated rings. The van der Waals surface area contributed by atoms with E-state index in [2.05, 4.69) is 22.8 Å². The lowest BCUT2D eigenvalue weighted by molar-refractivity contribution is -0.117. The van der Waals surface area contributed by atoms with Crippen molar-refractivity contribution in [1.82, 2.24) is 5.32 Å². The third kappa shape index (κ3) is 3.74. The average molecular weight is 295 g/mol. The summed E-state index contributed by atoms with van der Waals surface area (Å²) in [6, 6.07) is 6.37. The highest BCUT2D eigenvalue weighted by Crippen LogP contribution is 2.25. The van der Waals surface area contributed by atoms with E-state index >= 15 is 0 Å². The van der Waals surface area contributed by atoms with E-state index < -0.39 is 0 Å². The highest BCUT2D eigenvalue weighted by molar-refractivity contribution is 5.91. The first-order valence-corrected chi connectivity index (χ1v) is 7.43. The summed E-state index contributed by atoms with van der Waals surface area (Å²) >= 11 is 0. The summed E-state index contributed by atoms with van der Waals surface area (Å²) < 4.78 is 0. The topological polar surface area (TPSA) is 41.1 Å². The number of fused-ring (bicyclic) bond motifs is 1. The Labute approximate surface area is 126 Å². The molecule has 1 aliphatic heterocycles. The molecule has 1 aromatic carbocycles. The summed E-state index contributed by atoms with van der Waals surface area (Å²) in [5.41, 5.74) is 3.84. The Morgan fingerprint density at radius 3 is 2.75 bits per heavy atom. The summed E-state index contributed by atoms with van der Waals surface area (Å²) in [6.07, 6.45) is 6.52. The molecule has 4 heteroatoms. The Bertz CT molecular complexity index is 470. The van der Waals surface area contributed by atoms with Gasteiger partial charge >= 0.3 is 0 Å². The lowest BCUT2D eigenvalue weighted by Crippen LogP contribution is -2.30. The van der Waals surface area contributed by atoms with Crippen LogP contribution in [0.5, 0.6) is 0 Å². The van der Waals surface area contributed by atoms with Crippen LogP contribution in [0.1, 0.15) is 36.8 Å². The van der Waals surface area contributed by atoms with Crippen LogP contribution in [0.4, 0.5) is 5.69 Å². The van der Waals surface area contributed by atoms with Crippen LogP contribution in [-0.4, -0.2) is 19.0 Å². The van der Waals surface area contributed by atoms with Gasteiger partial charge in [0.25, 0.3) is 0 Å². The number of aryl methyl sites for hydroxylation is 2. The predicted octanol–water partition coefficient (Wildman–Crippen LogP) is 2.93. The Morgan fingerprint density at radius 2 is 1.95 bits per heavy atom. The smallest absolute Gasteiger partial charge is 0.224 e. The minimum Gasteiger partial charge on any atom is -0.326 e. The molecule has 1 aromatic rings. The zero-order valence-corrected chi connectivity index (χ0v) is 12.6. The first kappa shape index (κ1) is 15.3. The van der Waals surface area contributed by atoms with Crippen molar-refractivity contribution in [3.63, 3.8) is 0 Å². The molecule has 0 aromatic heterocycles. The van der Waals surface area contributed by atoms with Crippen molar-refractivity contribution in [3.8, 4) is 0 Å². The molecule has 2 aliphatic rings. The van der Waals surface area contributed by atoms with Crippen LogP contribution < -0.4 is 10.6 Å². The maximum atomic E-state index is 12.0. The number of hydrogen-bond donors (Lipinski definition) is 2. The van der Waals surface area contributed by atoms with Crippen LogP contribution >= 0.6 is 12.4 Å². The van der Waals surface area contributed by atoms with Crippen molar-refractivity contribution in [2.24, 2.45) is 5.92 Å². The molecule has 3 nitrogen and oxygen atoms in total. The van der Waals surface area contributed by atoms with Crippen LogP contribution in [0.3, 0.4) is 0 Å². The average Bonchev–Trinajstić information content (AvgIpc) is 2.87. The fourth-order valence-corrected chi connectivity index (χ4v) is 3.21. The molecule has 0 radical (unpaired) electrons. The first-order chi connectivity index (χ1) is 9.31. The van der Waals surface area contributed by atoms with E-state index in [1.54, 1.807) is 0 Å². The number of carbonyl (C=O) groups is 1. The SMILES string of the molecule is Cl.O=C(CC1CCNCC1)Nc1ccc2c(c1)CCC2. The molecular weight excluding hydrogens is 272 g/mol. The highest BCUT2D eigenvalue weighted by atomic mass is 35.5. The minimum atomic E-state index is 0. The van der Waals surface area contributed by atoms with Gasteiger partial charge < -0.3 is 10.6 Å². The number of rotatable bonds is 3. The van der Waals surface area contributed by atoms with Crippen molar-refractivity contribution in [2.75, 3.05) is 18.4 Å². The van der Waals surface area contributed by atoms with Gasteiger partial charge in [0.2, 0.25) is 5.91 Å². The van der Waals surface area contributed by atoms with Crippen LogP contribution in [0, 0.1) is 5.92 Å². The Morgan fingerprint density at radius 1 is 1.20 bits per heavy atom. The quantitative estimate of drug-likeness (QED) is 0.900. The predicted molar refractivity (Wildman–Crippen MR) is 84.6 cm³/mol. The summed E-state index contributed by atoms with van der Waals surface area (Å²) in [4.78, 5) is 12.0. The summed E-state index contributed by atoms with van der Waals surface area (Å²) in [6.45, 7) is 2.10. The molecule has 1 aliphatic carbocycles. The highest BCUT2D eigenvalue weighted by Gasteiger charge is 2.17. The number of halogens is 1. The van der Waals surface area contributed by atoms with Gasteiger partial charge in [0, 0.05) is 12.1 Å². The van der Waals surface area contributed by atoms with E-state index in [0.717, 1.165) is 38.0 Å². The lowest BCUT2D eigenvalue weighted by Gasteiger charge is -2.22. The van der Waals surface area contributed by atoms with E-state index in [4.69, 9.17) is 0 Å². The monoisotopic (exact) mass is 294 g/mol. The summed E-state index contributed by atoms with van der Waals surface area (Å²) in [7, 11) is 0. The van der Waals surface area contributed by atoms with Gasteiger partial charge in [0.05, 0.1) is 0 Å². The van der Waals surface area contributed by atoms with Gasteiger partial charge in [-0.05, 0) is 74.4 Å². The molecule has 110 valence electrons. The van der Waals surface area contributed by atoms with E-state index in [9.17, 15) is 4.79 Å². The zero-order chi connectivity index (χ0) is 13.1. The number of carbonyl (C=O) groups excluding carboxylic acids is 1. The van der Waals surface area contributed by atoms with E-state index in [1.165, 1.54) is 24.0 Å². The van der Waals surface area contributed by atoms with Gasteiger partial charge in [-0.25, -0.2) is 0 Å². The number of nitrogens with one attached hydrogen (secondary N) is 2. The molecule has 0 bridgehead atoms. The maximum Gasteiger partial charge on any atom is 0.224 e. The fraction of sp³-hybridized carbons (Fsp3) is 0.562. The standard InChI is InChI=1S/C16H22N2O.ClH/c19-16(10-12-6-8-17-9-7-12)18-15-5-4-13-2-1-3-14(13)11-15;/h4-5,11-12,17H,1-3,6-10H2,(H,18,19);1H. The minimum absolute atomic E-state index is 0. The Hall–Kier alpha value is -1.06. The molecule has 1 heterocycles. The molecule has 0 unspecified atom stereocenters. The second-order valence-corrected chi connectivity index (χ2v) is 5.78. The maximum absolute atomic E-state index is 12.0. The Kier molecular flexibility index (Phi) is 5.44. The van der Waals surface area contributed by atoms with Crippen molar-refractivity contribution in [3.05, 3.63) is 29.3 Å². The van der Waals surface area contributed by atoms with Crippen LogP contribution in [0.25, 0.3) is 0 Å². The van der Waals surface area contributed by atoms with Crippen molar-refractivity contribution >= 4 is 24.0 Å². The van der Waals surface area contributed by atoms with Gasteiger partial charge in [-0.15, -0.1) is 12.4 Å². The number of amides is 1. The number of benzene rings is 1. The normalized spacial score (nSPS) is 18.2. The van der Waals surface area contributed by atoms with Crippen LogP contribution in [-0.2, 0) is 17.6 Å². The largest absolute Gasteiger partial charge is 0.326 e. The summed E-state index contributed by atoms with van der Waals surface area (Å²) in [5, 5.41) is 6.39. The Balaban J connectivity index is 0.00000147. The molecule has 0 saturated carbocycles. The number of piperidine rings is 1. The molecule has 20 heavy (non-hydrogen) atoms. The van der Waals surface area contributed by atoms with Gasteiger partial charge in [-0.3, -0.25) is 4.79 Å². The van der Waals surface area contributed by atoms with E-state index in [0.29, 0.717) is 12.3 Å². The molecule has 2 N–H and O–H groups in total. The summed E-state index contributed by atoms with van der Waals surface area (Å²) in [5.74, 6) is 0.723. The molecule has 3 rings (SSSR count). The van der Waals surface area contributed by atoms with Crippen molar-refractivity contribution in [1.29, 1.82) is 0 Å². The fourth-order valence-electron chi connectivity index (χ4n) is 3.21. The first-order valence-electron chi connectivity index (χ1n) is 7.43. The molecule has 0 spiro atoms. The molecule has 1 amide bonds. The van der Waals surface area contributed by atoms with Gasteiger partial charge in [-0.1, -0.05) is 6.07 Å². The van der Waals surface area contributed by atoms with Gasteiger partial charge in [-0.2, -0.15) is 0 Å². The van der Waals surface area contributed by atoms with Crippen LogP contribution in [0.15, 0.2) is 18.2 Å². The zero-order valence-electron chi connectivity index (χ0n) is 11.8. The van der Waals surface area contributed by atoms with Crippen molar-refractivity contribution in [2.45, 2.75) is 38.5 Å². The third-order valence-corrected chi connectivity index (χ3v) is 4.32. The third-order valence-electron chi connectivity index (χ3n) is 4.32. The van der Waals surface area contributed by atoms with Crippen LogP contribution in [0.2, 0.25) is 0 Å².